The molecule has 3 nitrogen and oxygen atoms in total. The lowest BCUT2D eigenvalue weighted by Gasteiger charge is -2.19. The molecular formula is C15H15Cl3N2O. The van der Waals surface area contributed by atoms with Crippen LogP contribution in [0.1, 0.15) is 17.3 Å². The summed E-state index contributed by atoms with van der Waals surface area (Å²) >= 11 is 18.2. The normalized spacial score (nSPS) is 12.2. The number of methoxy groups -OCH3 is 1. The Balaban J connectivity index is 2.33. The van der Waals surface area contributed by atoms with Gasteiger partial charge < -0.3 is 10.1 Å². The van der Waals surface area contributed by atoms with Gasteiger partial charge in [0.25, 0.3) is 0 Å². The maximum Gasteiger partial charge on any atom is 0.122 e. The Hall–Kier alpha value is -1.000. The van der Waals surface area contributed by atoms with E-state index in [0.29, 0.717) is 21.5 Å². The van der Waals surface area contributed by atoms with Gasteiger partial charge in [0.15, 0.2) is 0 Å². The fourth-order valence-electron chi connectivity index (χ4n) is 2.14. The van der Waals surface area contributed by atoms with E-state index in [0.717, 1.165) is 17.0 Å². The number of aromatic nitrogens is 1. The van der Waals surface area contributed by atoms with E-state index in [1.165, 1.54) is 0 Å². The first-order valence-electron chi connectivity index (χ1n) is 6.35. The standard InChI is InChI=1S/C15H15Cl3N2O/c1-19-13(15-12(18)7-11(17)8-20-15)6-9-5-10(16)3-4-14(9)21-2/h3-5,7-8,13,19H,6H2,1-2H3. The van der Waals surface area contributed by atoms with Gasteiger partial charge in [-0.2, -0.15) is 0 Å². The molecule has 2 aromatic rings. The largest absolute Gasteiger partial charge is 0.496 e. The SMILES string of the molecule is CNC(Cc1cc(Cl)ccc1OC)c1ncc(Cl)cc1Cl. The number of halogens is 3. The first-order valence-corrected chi connectivity index (χ1v) is 7.49. The molecule has 6 heteroatoms. The lowest BCUT2D eigenvalue weighted by atomic mass is 10.0. The monoisotopic (exact) mass is 344 g/mol. The fraction of sp³-hybridized carbons (Fsp3) is 0.267. The molecule has 2 rings (SSSR count). The van der Waals surface area contributed by atoms with Crippen molar-refractivity contribution in [2.24, 2.45) is 0 Å². The van der Waals surface area contributed by atoms with Gasteiger partial charge in [0.05, 0.1) is 28.9 Å². The van der Waals surface area contributed by atoms with Crippen molar-refractivity contribution in [2.45, 2.75) is 12.5 Å². The summed E-state index contributed by atoms with van der Waals surface area (Å²) in [5.74, 6) is 0.782. The summed E-state index contributed by atoms with van der Waals surface area (Å²) in [6.07, 6.45) is 2.23. The van der Waals surface area contributed by atoms with E-state index in [1.807, 2.05) is 19.2 Å². The average molecular weight is 346 g/mol. The third kappa shape index (κ3) is 4.01. The molecule has 21 heavy (non-hydrogen) atoms. The van der Waals surface area contributed by atoms with Gasteiger partial charge in [-0.1, -0.05) is 34.8 Å². The van der Waals surface area contributed by atoms with Gasteiger partial charge in [-0.05, 0) is 43.3 Å². The van der Waals surface area contributed by atoms with E-state index in [-0.39, 0.29) is 6.04 Å². The van der Waals surface area contributed by atoms with Crippen molar-refractivity contribution in [3.8, 4) is 5.75 Å². The molecule has 0 saturated heterocycles. The van der Waals surface area contributed by atoms with Crippen molar-refractivity contribution in [1.29, 1.82) is 0 Å². The van der Waals surface area contributed by atoms with Gasteiger partial charge in [-0.15, -0.1) is 0 Å². The average Bonchev–Trinajstić information content (AvgIpc) is 2.45. The van der Waals surface area contributed by atoms with Crippen LogP contribution < -0.4 is 10.1 Å². The van der Waals surface area contributed by atoms with Crippen molar-refractivity contribution in [3.63, 3.8) is 0 Å². The smallest absolute Gasteiger partial charge is 0.122 e. The highest BCUT2D eigenvalue weighted by Gasteiger charge is 2.18. The molecule has 0 bridgehead atoms. The number of nitrogens with one attached hydrogen (secondary N) is 1. The van der Waals surface area contributed by atoms with Gasteiger partial charge in [0, 0.05) is 11.2 Å². The van der Waals surface area contributed by atoms with Crippen LogP contribution in [0.15, 0.2) is 30.5 Å². The van der Waals surface area contributed by atoms with Crippen LogP contribution in [0.5, 0.6) is 5.75 Å². The Morgan fingerprint density at radius 1 is 1.19 bits per heavy atom. The van der Waals surface area contributed by atoms with Gasteiger partial charge >= 0.3 is 0 Å². The van der Waals surface area contributed by atoms with Crippen molar-refractivity contribution in [2.75, 3.05) is 14.2 Å². The second-order valence-electron chi connectivity index (χ2n) is 4.52. The number of hydrogen-bond acceptors (Lipinski definition) is 3. The first-order chi connectivity index (χ1) is 10.0. The van der Waals surface area contributed by atoms with Crippen molar-refractivity contribution < 1.29 is 4.74 Å². The van der Waals surface area contributed by atoms with Crippen LogP contribution in [0.3, 0.4) is 0 Å². The minimum atomic E-state index is -0.0675. The molecule has 1 N–H and O–H groups in total. The minimum Gasteiger partial charge on any atom is -0.496 e. The molecule has 0 saturated carbocycles. The zero-order valence-corrected chi connectivity index (χ0v) is 13.9. The molecule has 0 amide bonds. The molecule has 1 aromatic carbocycles. The van der Waals surface area contributed by atoms with Gasteiger partial charge in [0.1, 0.15) is 5.75 Å². The Kier molecular flexibility index (Phi) is 5.71. The van der Waals surface area contributed by atoms with E-state index < -0.39 is 0 Å². The number of ether oxygens (including phenoxy) is 1. The van der Waals surface area contributed by atoms with Crippen LogP contribution >= 0.6 is 34.8 Å². The number of benzene rings is 1. The number of pyridine rings is 1. The van der Waals surface area contributed by atoms with Crippen LogP contribution in [0.2, 0.25) is 15.1 Å². The van der Waals surface area contributed by atoms with E-state index in [9.17, 15) is 0 Å². The Morgan fingerprint density at radius 2 is 1.95 bits per heavy atom. The second kappa shape index (κ2) is 7.32. The van der Waals surface area contributed by atoms with E-state index in [2.05, 4.69) is 10.3 Å². The third-order valence-electron chi connectivity index (χ3n) is 3.18. The molecule has 112 valence electrons. The zero-order valence-electron chi connectivity index (χ0n) is 11.7. The zero-order chi connectivity index (χ0) is 15.4. The van der Waals surface area contributed by atoms with E-state index in [4.69, 9.17) is 39.5 Å². The first kappa shape index (κ1) is 16.4. The maximum atomic E-state index is 6.23. The summed E-state index contributed by atoms with van der Waals surface area (Å²) in [6.45, 7) is 0. The van der Waals surface area contributed by atoms with E-state index >= 15 is 0 Å². The third-order valence-corrected chi connectivity index (χ3v) is 3.93. The van der Waals surface area contributed by atoms with Crippen molar-refractivity contribution in [3.05, 3.63) is 56.8 Å². The summed E-state index contributed by atoms with van der Waals surface area (Å²) in [5.41, 5.74) is 1.72. The molecule has 0 spiro atoms. The quantitative estimate of drug-likeness (QED) is 0.863. The van der Waals surface area contributed by atoms with Crippen LogP contribution in [0.25, 0.3) is 0 Å². The van der Waals surface area contributed by atoms with Crippen LogP contribution in [-0.2, 0) is 6.42 Å². The van der Waals surface area contributed by atoms with Crippen molar-refractivity contribution in [1.82, 2.24) is 10.3 Å². The van der Waals surface area contributed by atoms with Gasteiger partial charge in [-0.3, -0.25) is 4.98 Å². The van der Waals surface area contributed by atoms with Crippen LogP contribution in [-0.4, -0.2) is 19.1 Å². The molecule has 0 aliphatic carbocycles. The van der Waals surface area contributed by atoms with Crippen molar-refractivity contribution >= 4 is 34.8 Å². The number of nitrogens with zero attached hydrogens (tertiary/aromatic N) is 1. The van der Waals surface area contributed by atoms with Gasteiger partial charge in [-0.25, -0.2) is 0 Å². The maximum absolute atomic E-state index is 6.23. The second-order valence-corrected chi connectivity index (χ2v) is 5.80. The number of likely N-dealkylation sites (N-methyl/N-ethyl adjacent to an activating group) is 1. The summed E-state index contributed by atoms with van der Waals surface area (Å²) in [4.78, 5) is 4.32. The Labute approximate surface area is 139 Å². The number of hydrogen-bond donors (Lipinski definition) is 1. The van der Waals surface area contributed by atoms with E-state index in [1.54, 1.807) is 25.4 Å². The predicted molar refractivity (Wildman–Crippen MR) is 87.8 cm³/mol. The highest BCUT2D eigenvalue weighted by molar-refractivity contribution is 6.34. The molecule has 0 fully saturated rings. The molecule has 0 aliphatic rings. The molecule has 1 aromatic heterocycles. The lowest BCUT2D eigenvalue weighted by Crippen LogP contribution is -2.20. The van der Waals surface area contributed by atoms with Gasteiger partial charge in [0.2, 0.25) is 0 Å². The number of rotatable bonds is 5. The van der Waals surface area contributed by atoms with Crippen LogP contribution in [0.4, 0.5) is 0 Å². The summed E-state index contributed by atoms with van der Waals surface area (Å²) < 4.78 is 5.37. The summed E-state index contributed by atoms with van der Waals surface area (Å²) in [7, 11) is 3.49. The minimum absolute atomic E-state index is 0.0675. The molecule has 1 heterocycles. The molecule has 0 aliphatic heterocycles. The summed E-state index contributed by atoms with van der Waals surface area (Å²) in [5, 5.41) is 4.92. The molecule has 0 radical (unpaired) electrons. The lowest BCUT2D eigenvalue weighted by molar-refractivity contribution is 0.406. The van der Waals surface area contributed by atoms with Crippen LogP contribution in [0, 0.1) is 0 Å². The fourth-order valence-corrected chi connectivity index (χ4v) is 2.85. The topological polar surface area (TPSA) is 34.1 Å². The summed E-state index contributed by atoms with van der Waals surface area (Å²) in [6, 6.07) is 7.15. The molecule has 1 atom stereocenters. The Bertz CT molecular complexity index is 634. The molecule has 1 unspecified atom stereocenters. The highest BCUT2D eigenvalue weighted by Crippen LogP contribution is 2.30. The molecular weight excluding hydrogens is 331 g/mol. The highest BCUT2D eigenvalue weighted by atomic mass is 35.5. The Morgan fingerprint density at radius 3 is 2.57 bits per heavy atom. The predicted octanol–water partition coefficient (Wildman–Crippen LogP) is 4.55.